The smallest absolute Gasteiger partial charge is 0.223 e. The van der Waals surface area contributed by atoms with Crippen LogP contribution in [0.1, 0.15) is 40.0 Å². The van der Waals surface area contributed by atoms with Gasteiger partial charge in [-0.3, -0.25) is 4.79 Å². The monoisotopic (exact) mass is 215 g/mol. The second-order valence-electron chi connectivity index (χ2n) is 4.32. The van der Waals surface area contributed by atoms with Crippen LogP contribution in [0.5, 0.6) is 0 Å². The maximum Gasteiger partial charge on any atom is 0.223 e. The van der Waals surface area contributed by atoms with Crippen LogP contribution in [0.2, 0.25) is 0 Å². The standard InChI is InChI=1S/C11H21NO3/c1-8(2)4-5-10(14)6-11(15)12-9(3)7-13/h7-10,14H,4-6H2,1-3H3,(H,12,15). The Bertz CT molecular complexity index is 204. The van der Waals surface area contributed by atoms with E-state index < -0.39 is 12.1 Å². The molecule has 0 rings (SSSR count). The molecule has 0 aliphatic carbocycles. The summed E-state index contributed by atoms with van der Waals surface area (Å²) in [6, 6.07) is -0.477. The summed E-state index contributed by atoms with van der Waals surface area (Å²) in [6.07, 6.45) is 1.66. The van der Waals surface area contributed by atoms with Gasteiger partial charge >= 0.3 is 0 Å². The summed E-state index contributed by atoms with van der Waals surface area (Å²) in [5.74, 6) is 0.252. The number of aliphatic hydroxyl groups is 1. The van der Waals surface area contributed by atoms with Crippen LogP contribution in [0.15, 0.2) is 0 Å². The van der Waals surface area contributed by atoms with Gasteiger partial charge in [0, 0.05) is 0 Å². The minimum absolute atomic E-state index is 0.0743. The fourth-order valence-electron chi connectivity index (χ4n) is 1.19. The van der Waals surface area contributed by atoms with Crippen LogP contribution in [-0.2, 0) is 9.59 Å². The number of nitrogens with one attached hydrogen (secondary N) is 1. The van der Waals surface area contributed by atoms with Gasteiger partial charge in [-0.05, 0) is 25.7 Å². The van der Waals surface area contributed by atoms with E-state index in [-0.39, 0.29) is 12.3 Å². The van der Waals surface area contributed by atoms with Crippen molar-refractivity contribution in [3.05, 3.63) is 0 Å². The van der Waals surface area contributed by atoms with Crippen LogP contribution in [0, 0.1) is 5.92 Å². The first-order chi connectivity index (χ1) is 6.95. The second-order valence-corrected chi connectivity index (χ2v) is 4.32. The summed E-state index contributed by atoms with van der Waals surface area (Å²) >= 11 is 0. The Morgan fingerprint density at radius 3 is 2.40 bits per heavy atom. The highest BCUT2D eigenvalue weighted by molar-refractivity contribution is 5.79. The van der Waals surface area contributed by atoms with Gasteiger partial charge in [-0.25, -0.2) is 0 Å². The number of aliphatic hydroxyl groups excluding tert-OH is 1. The van der Waals surface area contributed by atoms with Gasteiger partial charge in [-0.2, -0.15) is 0 Å². The first kappa shape index (κ1) is 14.1. The van der Waals surface area contributed by atoms with Crippen LogP contribution in [0.25, 0.3) is 0 Å². The molecule has 0 saturated heterocycles. The zero-order valence-corrected chi connectivity index (χ0v) is 9.69. The van der Waals surface area contributed by atoms with E-state index in [9.17, 15) is 14.7 Å². The molecule has 1 amide bonds. The Morgan fingerprint density at radius 1 is 1.33 bits per heavy atom. The van der Waals surface area contributed by atoms with Crippen molar-refractivity contribution in [3.8, 4) is 0 Å². The van der Waals surface area contributed by atoms with E-state index in [1.165, 1.54) is 0 Å². The summed E-state index contributed by atoms with van der Waals surface area (Å²) in [5.41, 5.74) is 0. The quantitative estimate of drug-likeness (QED) is 0.619. The van der Waals surface area contributed by atoms with Crippen molar-refractivity contribution < 1.29 is 14.7 Å². The second kappa shape index (κ2) is 7.40. The highest BCUT2D eigenvalue weighted by Crippen LogP contribution is 2.08. The lowest BCUT2D eigenvalue weighted by molar-refractivity contribution is -0.125. The number of aldehydes is 1. The predicted molar refractivity (Wildman–Crippen MR) is 58.4 cm³/mol. The summed E-state index contributed by atoms with van der Waals surface area (Å²) < 4.78 is 0. The molecule has 2 atom stereocenters. The Hall–Kier alpha value is -0.900. The van der Waals surface area contributed by atoms with Crippen molar-refractivity contribution >= 4 is 12.2 Å². The molecule has 0 aromatic rings. The lowest BCUT2D eigenvalue weighted by atomic mass is 10.0. The fraction of sp³-hybridized carbons (Fsp3) is 0.818. The van der Waals surface area contributed by atoms with E-state index in [0.29, 0.717) is 18.6 Å². The maximum atomic E-state index is 11.2. The third-order valence-corrected chi connectivity index (χ3v) is 2.09. The van der Waals surface area contributed by atoms with Gasteiger partial charge in [-0.15, -0.1) is 0 Å². The zero-order chi connectivity index (χ0) is 11.8. The molecule has 0 aromatic carbocycles. The predicted octanol–water partition coefficient (Wildman–Crippen LogP) is 0.877. The highest BCUT2D eigenvalue weighted by Gasteiger charge is 2.12. The van der Waals surface area contributed by atoms with E-state index in [0.717, 1.165) is 6.42 Å². The van der Waals surface area contributed by atoms with Gasteiger partial charge in [0.25, 0.3) is 0 Å². The van der Waals surface area contributed by atoms with Crippen molar-refractivity contribution in [1.29, 1.82) is 0 Å². The summed E-state index contributed by atoms with van der Waals surface area (Å²) in [5, 5.41) is 12.0. The molecule has 4 heteroatoms. The summed E-state index contributed by atoms with van der Waals surface area (Å²) in [4.78, 5) is 21.5. The number of amides is 1. The van der Waals surface area contributed by atoms with Gasteiger partial charge in [0.1, 0.15) is 6.29 Å². The van der Waals surface area contributed by atoms with Crippen LogP contribution >= 0.6 is 0 Å². The number of hydrogen-bond donors (Lipinski definition) is 2. The minimum atomic E-state index is -0.605. The highest BCUT2D eigenvalue weighted by atomic mass is 16.3. The van der Waals surface area contributed by atoms with Crippen molar-refractivity contribution in [2.75, 3.05) is 0 Å². The van der Waals surface area contributed by atoms with E-state index in [2.05, 4.69) is 19.2 Å². The van der Waals surface area contributed by atoms with E-state index in [4.69, 9.17) is 0 Å². The molecule has 0 aromatic heterocycles. The van der Waals surface area contributed by atoms with Crippen molar-refractivity contribution in [2.24, 2.45) is 5.92 Å². The molecular weight excluding hydrogens is 194 g/mol. The van der Waals surface area contributed by atoms with Crippen molar-refractivity contribution in [3.63, 3.8) is 0 Å². The third-order valence-electron chi connectivity index (χ3n) is 2.09. The first-order valence-corrected chi connectivity index (χ1v) is 5.38. The zero-order valence-electron chi connectivity index (χ0n) is 9.69. The molecule has 0 radical (unpaired) electrons. The molecule has 15 heavy (non-hydrogen) atoms. The van der Waals surface area contributed by atoms with Crippen LogP contribution in [0.4, 0.5) is 0 Å². The van der Waals surface area contributed by atoms with Crippen LogP contribution in [-0.4, -0.2) is 29.4 Å². The lowest BCUT2D eigenvalue weighted by Crippen LogP contribution is -2.35. The fourth-order valence-corrected chi connectivity index (χ4v) is 1.19. The molecule has 0 aliphatic rings. The number of carbonyl (C=O) groups excluding carboxylic acids is 2. The number of hydrogen-bond acceptors (Lipinski definition) is 3. The maximum absolute atomic E-state index is 11.2. The molecule has 0 fully saturated rings. The van der Waals surface area contributed by atoms with Gasteiger partial charge in [-0.1, -0.05) is 13.8 Å². The van der Waals surface area contributed by atoms with Crippen LogP contribution < -0.4 is 5.32 Å². The largest absolute Gasteiger partial charge is 0.393 e. The van der Waals surface area contributed by atoms with Gasteiger partial charge in [0.05, 0.1) is 18.6 Å². The molecule has 2 unspecified atom stereocenters. The average Bonchev–Trinajstić information content (AvgIpc) is 2.14. The van der Waals surface area contributed by atoms with Gasteiger partial charge in [0.15, 0.2) is 0 Å². The Labute approximate surface area is 91.1 Å². The third kappa shape index (κ3) is 8.12. The molecule has 0 spiro atoms. The number of rotatable bonds is 7. The Balaban J connectivity index is 3.71. The normalized spacial score (nSPS) is 14.7. The summed E-state index contributed by atoms with van der Waals surface area (Å²) in [6.45, 7) is 5.74. The van der Waals surface area contributed by atoms with Crippen molar-refractivity contribution in [2.45, 2.75) is 52.2 Å². The molecule has 0 aliphatic heterocycles. The van der Waals surface area contributed by atoms with Gasteiger partial charge in [0.2, 0.25) is 5.91 Å². The topological polar surface area (TPSA) is 66.4 Å². The molecule has 2 N–H and O–H groups in total. The molecule has 88 valence electrons. The average molecular weight is 215 g/mol. The molecular formula is C11H21NO3. The molecule has 4 nitrogen and oxygen atoms in total. The van der Waals surface area contributed by atoms with E-state index in [1.807, 2.05) is 0 Å². The molecule has 0 bridgehead atoms. The summed E-state index contributed by atoms with van der Waals surface area (Å²) in [7, 11) is 0. The van der Waals surface area contributed by atoms with Gasteiger partial charge < -0.3 is 15.2 Å². The Kier molecular flexibility index (Phi) is 6.96. The van der Waals surface area contributed by atoms with E-state index >= 15 is 0 Å². The van der Waals surface area contributed by atoms with Crippen molar-refractivity contribution in [1.82, 2.24) is 5.32 Å². The SMILES string of the molecule is CC(C)CCC(O)CC(=O)NC(C)C=O. The molecule has 0 saturated carbocycles. The van der Waals surface area contributed by atoms with E-state index in [1.54, 1.807) is 6.92 Å². The lowest BCUT2D eigenvalue weighted by Gasteiger charge is -2.13. The van der Waals surface area contributed by atoms with Crippen LogP contribution in [0.3, 0.4) is 0 Å². The molecule has 0 heterocycles. The minimum Gasteiger partial charge on any atom is -0.393 e. The Morgan fingerprint density at radius 2 is 1.93 bits per heavy atom. The first-order valence-electron chi connectivity index (χ1n) is 5.38. The number of carbonyl (C=O) groups is 2.